The summed E-state index contributed by atoms with van der Waals surface area (Å²) in [6.45, 7) is 2.00. The van der Waals surface area contributed by atoms with Crippen molar-refractivity contribution in [2.24, 2.45) is 5.73 Å². The third kappa shape index (κ3) is 3.90. The van der Waals surface area contributed by atoms with E-state index in [1.165, 1.54) is 19.2 Å². The summed E-state index contributed by atoms with van der Waals surface area (Å²) in [4.78, 5) is 23.6. The fourth-order valence-corrected chi connectivity index (χ4v) is 3.09. The number of aryl methyl sites for hydroxylation is 1. The van der Waals surface area contributed by atoms with Gasteiger partial charge in [-0.1, -0.05) is 18.5 Å². The van der Waals surface area contributed by atoms with Crippen LogP contribution in [0.3, 0.4) is 0 Å². The lowest BCUT2D eigenvalue weighted by molar-refractivity contribution is 0.0995. The number of hydrogen-bond donors (Lipinski definition) is 1. The van der Waals surface area contributed by atoms with Crippen LogP contribution in [0, 0.1) is 0 Å². The Labute approximate surface area is 160 Å². The van der Waals surface area contributed by atoms with Gasteiger partial charge in [0.15, 0.2) is 0 Å². The first-order chi connectivity index (χ1) is 12.9. The van der Waals surface area contributed by atoms with Gasteiger partial charge in [-0.05, 0) is 42.3 Å². The van der Waals surface area contributed by atoms with Crippen LogP contribution in [0.4, 0.5) is 0 Å². The molecular weight excluding hydrogens is 370 g/mol. The SMILES string of the molecule is CCc1cc2oc(=O)cc(COc3ccc(OC)cc3C(N)=O)c2cc1Cl. The molecule has 27 heavy (non-hydrogen) atoms. The molecule has 0 aliphatic carbocycles. The van der Waals surface area contributed by atoms with Gasteiger partial charge in [0.05, 0.1) is 12.7 Å². The molecule has 0 aliphatic rings. The topological polar surface area (TPSA) is 91.8 Å². The molecule has 0 radical (unpaired) electrons. The van der Waals surface area contributed by atoms with E-state index in [-0.39, 0.29) is 12.2 Å². The van der Waals surface area contributed by atoms with E-state index >= 15 is 0 Å². The van der Waals surface area contributed by atoms with Gasteiger partial charge in [0, 0.05) is 22.0 Å². The zero-order valence-corrected chi connectivity index (χ0v) is 15.6. The van der Waals surface area contributed by atoms with Crippen LogP contribution in [0.5, 0.6) is 11.5 Å². The number of halogens is 1. The first-order valence-electron chi connectivity index (χ1n) is 8.28. The standard InChI is InChI=1S/C20H18ClNO5/c1-3-11-6-18-14(9-16(11)21)12(7-19(23)27-18)10-26-17-5-4-13(25-2)8-15(17)20(22)24/h4-9H,3,10H2,1-2H3,(H2,22,24). The number of nitrogens with two attached hydrogens (primary N) is 1. The fraction of sp³-hybridized carbons (Fsp3) is 0.200. The highest BCUT2D eigenvalue weighted by atomic mass is 35.5. The van der Waals surface area contributed by atoms with E-state index in [1.807, 2.05) is 6.92 Å². The molecule has 3 aromatic rings. The number of ether oxygens (including phenoxy) is 2. The smallest absolute Gasteiger partial charge is 0.336 e. The summed E-state index contributed by atoms with van der Waals surface area (Å²) in [6, 6.07) is 9.60. The van der Waals surface area contributed by atoms with E-state index in [9.17, 15) is 9.59 Å². The highest BCUT2D eigenvalue weighted by Gasteiger charge is 2.14. The highest BCUT2D eigenvalue weighted by Crippen LogP contribution is 2.28. The Bertz CT molecular complexity index is 1070. The van der Waals surface area contributed by atoms with Gasteiger partial charge in [-0.25, -0.2) is 4.79 Å². The summed E-state index contributed by atoms with van der Waals surface area (Å²) < 4.78 is 16.1. The Morgan fingerprint density at radius 1 is 1.19 bits per heavy atom. The molecule has 0 bridgehead atoms. The van der Waals surface area contributed by atoms with Crippen molar-refractivity contribution in [3.8, 4) is 11.5 Å². The normalized spacial score (nSPS) is 10.8. The second-order valence-corrected chi connectivity index (χ2v) is 6.31. The maximum Gasteiger partial charge on any atom is 0.336 e. The second-order valence-electron chi connectivity index (χ2n) is 5.90. The molecule has 2 N–H and O–H groups in total. The largest absolute Gasteiger partial charge is 0.497 e. The van der Waals surface area contributed by atoms with Gasteiger partial charge >= 0.3 is 5.63 Å². The number of primary amides is 1. The Morgan fingerprint density at radius 3 is 2.63 bits per heavy atom. The van der Waals surface area contributed by atoms with Crippen molar-refractivity contribution in [2.45, 2.75) is 20.0 Å². The molecule has 7 heteroatoms. The number of hydrogen-bond acceptors (Lipinski definition) is 5. The first-order valence-corrected chi connectivity index (χ1v) is 8.66. The van der Waals surface area contributed by atoms with Gasteiger partial charge in [-0.15, -0.1) is 0 Å². The molecule has 1 aromatic heterocycles. The molecule has 0 saturated heterocycles. The van der Waals surface area contributed by atoms with E-state index in [1.54, 1.807) is 24.3 Å². The lowest BCUT2D eigenvalue weighted by Crippen LogP contribution is -2.13. The zero-order valence-electron chi connectivity index (χ0n) is 14.9. The molecule has 0 fully saturated rings. The second kappa shape index (κ2) is 7.72. The fourth-order valence-electron chi connectivity index (χ4n) is 2.79. The third-order valence-corrected chi connectivity index (χ3v) is 4.57. The van der Waals surface area contributed by atoms with Gasteiger partial charge in [0.1, 0.15) is 23.7 Å². The van der Waals surface area contributed by atoms with Crippen molar-refractivity contribution in [3.63, 3.8) is 0 Å². The molecule has 1 amide bonds. The number of fused-ring (bicyclic) bond motifs is 1. The molecular formula is C20H18ClNO5. The molecule has 3 rings (SSSR count). The van der Waals surface area contributed by atoms with Crippen molar-refractivity contribution in [2.75, 3.05) is 7.11 Å². The Morgan fingerprint density at radius 2 is 1.96 bits per heavy atom. The summed E-state index contributed by atoms with van der Waals surface area (Å²) in [6.07, 6.45) is 0.715. The summed E-state index contributed by atoms with van der Waals surface area (Å²) >= 11 is 6.30. The summed E-state index contributed by atoms with van der Waals surface area (Å²) in [5, 5.41) is 1.26. The maximum absolute atomic E-state index is 11.9. The predicted molar refractivity (Wildman–Crippen MR) is 103 cm³/mol. The molecule has 0 spiro atoms. The van der Waals surface area contributed by atoms with Crippen molar-refractivity contribution < 1.29 is 18.7 Å². The molecule has 0 atom stereocenters. The van der Waals surface area contributed by atoms with Crippen molar-refractivity contribution >= 4 is 28.5 Å². The van der Waals surface area contributed by atoms with Crippen molar-refractivity contribution in [3.05, 3.63) is 68.5 Å². The Kier molecular flexibility index (Phi) is 5.37. The van der Waals surface area contributed by atoms with Crippen LogP contribution in [-0.4, -0.2) is 13.0 Å². The van der Waals surface area contributed by atoms with Gasteiger partial charge in [0.25, 0.3) is 5.91 Å². The van der Waals surface area contributed by atoms with Crippen LogP contribution in [0.25, 0.3) is 11.0 Å². The zero-order chi connectivity index (χ0) is 19.6. The monoisotopic (exact) mass is 387 g/mol. The average Bonchev–Trinajstić information content (AvgIpc) is 2.65. The quantitative estimate of drug-likeness (QED) is 0.651. The lowest BCUT2D eigenvalue weighted by atomic mass is 10.1. The summed E-state index contributed by atoms with van der Waals surface area (Å²) in [5.74, 6) is 0.138. The average molecular weight is 388 g/mol. The van der Waals surface area contributed by atoms with Crippen LogP contribution in [0.15, 0.2) is 45.6 Å². The van der Waals surface area contributed by atoms with E-state index in [0.717, 1.165) is 5.56 Å². The minimum Gasteiger partial charge on any atom is -0.497 e. The summed E-state index contributed by atoms with van der Waals surface area (Å²) in [7, 11) is 1.49. The number of methoxy groups -OCH3 is 1. The molecule has 0 saturated carbocycles. The molecule has 0 unspecified atom stereocenters. The molecule has 0 aliphatic heterocycles. The van der Waals surface area contributed by atoms with Crippen LogP contribution >= 0.6 is 11.6 Å². The molecule has 140 valence electrons. The number of carbonyl (C=O) groups excluding carboxylic acids is 1. The van der Waals surface area contributed by atoms with Crippen LogP contribution in [0.2, 0.25) is 5.02 Å². The van der Waals surface area contributed by atoms with E-state index in [4.69, 9.17) is 31.2 Å². The van der Waals surface area contributed by atoms with Crippen LogP contribution < -0.4 is 20.8 Å². The number of amides is 1. The van der Waals surface area contributed by atoms with Crippen LogP contribution in [-0.2, 0) is 13.0 Å². The number of carbonyl (C=O) groups is 1. The minimum atomic E-state index is -0.642. The number of benzene rings is 2. The van der Waals surface area contributed by atoms with Gasteiger partial charge in [0.2, 0.25) is 0 Å². The van der Waals surface area contributed by atoms with E-state index in [0.29, 0.717) is 39.5 Å². The molecule has 1 heterocycles. The molecule has 6 nitrogen and oxygen atoms in total. The first kappa shape index (κ1) is 18.8. The van der Waals surface area contributed by atoms with Crippen LogP contribution in [0.1, 0.15) is 28.4 Å². The predicted octanol–water partition coefficient (Wildman–Crippen LogP) is 3.70. The van der Waals surface area contributed by atoms with E-state index in [2.05, 4.69) is 0 Å². The Balaban J connectivity index is 1.99. The van der Waals surface area contributed by atoms with Gasteiger partial charge in [-0.3, -0.25) is 4.79 Å². The number of rotatable bonds is 6. The highest BCUT2D eigenvalue weighted by molar-refractivity contribution is 6.32. The van der Waals surface area contributed by atoms with Crippen molar-refractivity contribution in [1.82, 2.24) is 0 Å². The lowest BCUT2D eigenvalue weighted by Gasteiger charge is -2.12. The maximum atomic E-state index is 11.9. The Hall–Kier alpha value is -2.99. The van der Waals surface area contributed by atoms with Gasteiger partial charge in [-0.2, -0.15) is 0 Å². The minimum absolute atomic E-state index is 0.0382. The molecule has 2 aromatic carbocycles. The van der Waals surface area contributed by atoms with Gasteiger partial charge < -0.3 is 19.6 Å². The summed E-state index contributed by atoms with van der Waals surface area (Å²) in [5.41, 5.74) is 7.03. The third-order valence-electron chi connectivity index (χ3n) is 4.21. The van der Waals surface area contributed by atoms with Crippen molar-refractivity contribution in [1.29, 1.82) is 0 Å². The van der Waals surface area contributed by atoms with E-state index < -0.39 is 11.5 Å².